The first kappa shape index (κ1) is 25.9. The van der Waals surface area contributed by atoms with E-state index in [9.17, 15) is 13.2 Å². The predicted molar refractivity (Wildman–Crippen MR) is 126 cm³/mol. The van der Waals surface area contributed by atoms with Gasteiger partial charge in [0.05, 0.1) is 10.8 Å². The summed E-state index contributed by atoms with van der Waals surface area (Å²) in [4.78, 5) is 15.2. The molecule has 1 aromatic carbocycles. The average molecular weight is 498 g/mol. The molecule has 0 spiro atoms. The molecule has 1 saturated carbocycles. The molecule has 1 saturated heterocycles. The summed E-state index contributed by atoms with van der Waals surface area (Å²) in [5.41, 5.74) is 0.523. The Balaban J connectivity index is 0.00000320. The number of carbonyl (C=O) groups excluding carboxylic acids is 1. The molecule has 0 N–H and O–H groups in total. The molecule has 0 amide bonds. The summed E-state index contributed by atoms with van der Waals surface area (Å²) in [6.07, 6.45) is 6.31. The number of benzene rings is 1. The maximum Gasteiger partial charge on any atom is 0.214 e. The fourth-order valence-electron chi connectivity index (χ4n) is 4.78. The number of hydrogen-bond acceptors (Lipinski definition) is 4. The summed E-state index contributed by atoms with van der Waals surface area (Å²) >= 11 is 12.1. The second-order valence-corrected chi connectivity index (χ2v) is 11.1. The van der Waals surface area contributed by atoms with Crippen molar-refractivity contribution in [3.8, 4) is 0 Å². The highest BCUT2D eigenvalue weighted by molar-refractivity contribution is 7.89. The van der Waals surface area contributed by atoms with Gasteiger partial charge in [0.2, 0.25) is 10.0 Å². The lowest BCUT2D eigenvalue weighted by Gasteiger charge is -2.46. The molecule has 0 bridgehead atoms. The molecule has 0 aromatic heterocycles. The van der Waals surface area contributed by atoms with E-state index in [0.29, 0.717) is 41.5 Å². The predicted octanol–water partition coefficient (Wildman–Crippen LogP) is 5.05. The van der Waals surface area contributed by atoms with E-state index in [-0.39, 0.29) is 29.5 Å². The normalized spacial score (nSPS) is 20.1. The Bertz CT molecular complexity index is 834. The third-order valence-corrected chi connectivity index (χ3v) is 8.97. The molecule has 0 unspecified atom stereocenters. The quantitative estimate of drug-likeness (QED) is 0.472. The Morgan fingerprint density at radius 1 is 1.10 bits per heavy atom. The first-order valence-electron chi connectivity index (χ1n) is 10.5. The summed E-state index contributed by atoms with van der Waals surface area (Å²) < 4.78 is 26.4. The van der Waals surface area contributed by atoms with Gasteiger partial charge >= 0.3 is 0 Å². The molecule has 170 valence electrons. The van der Waals surface area contributed by atoms with Crippen molar-refractivity contribution in [3.05, 3.63) is 33.8 Å². The average Bonchev–Trinajstić information content (AvgIpc) is 3.16. The van der Waals surface area contributed by atoms with Crippen molar-refractivity contribution in [2.45, 2.75) is 57.4 Å². The van der Waals surface area contributed by atoms with Crippen LogP contribution in [-0.2, 0) is 10.0 Å². The van der Waals surface area contributed by atoms with Gasteiger partial charge in [-0.2, -0.15) is 4.31 Å². The van der Waals surface area contributed by atoms with E-state index < -0.39 is 10.0 Å². The lowest BCUT2D eigenvalue weighted by molar-refractivity contribution is 0.0476. The first-order chi connectivity index (χ1) is 13.8. The van der Waals surface area contributed by atoms with Gasteiger partial charge in [0, 0.05) is 48.7 Å². The van der Waals surface area contributed by atoms with Crippen molar-refractivity contribution in [2.24, 2.45) is 0 Å². The monoisotopic (exact) mass is 496 g/mol. The molecule has 30 heavy (non-hydrogen) atoms. The number of piperazine rings is 1. The number of halogens is 3. The second-order valence-electron chi connectivity index (χ2n) is 8.18. The molecule has 2 fully saturated rings. The summed E-state index contributed by atoms with van der Waals surface area (Å²) in [5.74, 6) is 0.260. The fraction of sp³-hybridized carbons (Fsp3) is 0.667. The molecule has 1 aliphatic heterocycles. The lowest BCUT2D eigenvalue weighted by atomic mass is 9.87. The van der Waals surface area contributed by atoms with Crippen LogP contribution < -0.4 is 0 Å². The van der Waals surface area contributed by atoms with Gasteiger partial charge in [-0.1, -0.05) is 43.0 Å². The zero-order chi connectivity index (χ0) is 21.1. The second kappa shape index (κ2) is 11.0. The van der Waals surface area contributed by atoms with E-state index in [1.54, 1.807) is 22.5 Å². The molecule has 2 aliphatic rings. The number of hydrogen-bond donors (Lipinski definition) is 0. The SMILES string of the molecule is CCCS(=O)(=O)N1CCN(C2(CCC(=O)c3ccc(Cl)cc3Cl)CCCC2)CC1.Cl. The molecule has 1 heterocycles. The lowest BCUT2D eigenvalue weighted by Crippen LogP contribution is -2.57. The standard InChI is InChI=1S/C21H30Cl2N2O3S.ClH/c1-2-15-29(27,28)25-13-11-24(12-14-25)21(8-3-4-9-21)10-7-20(26)18-6-5-17(22)16-19(18)23;/h5-6,16H,2-4,7-15H2,1H3;1H. The molecule has 3 rings (SSSR count). The number of nitrogens with zero attached hydrogens (tertiary/aromatic N) is 2. The number of rotatable bonds is 8. The van der Waals surface area contributed by atoms with Gasteiger partial charge in [-0.3, -0.25) is 9.69 Å². The first-order valence-corrected chi connectivity index (χ1v) is 12.8. The van der Waals surface area contributed by atoms with E-state index >= 15 is 0 Å². The van der Waals surface area contributed by atoms with Crippen LogP contribution in [0.4, 0.5) is 0 Å². The Labute approximate surface area is 196 Å². The van der Waals surface area contributed by atoms with Gasteiger partial charge in [0.1, 0.15) is 0 Å². The highest BCUT2D eigenvalue weighted by atomic mass is 35.5. The van der Waals surface area contributed by atoms with Gasteiger partial charge in [0.15, 0.2) is 5.78 Å². The van der Waals surface area contributed by atoms with Crippen molar-refractivity contribution in [2.75, 3.05) is 31.9 Å². The molecule has 9 heteroatoms. The molecule has 1 aliphatic carbocycles. The number of sulfonamides is 1. The van der Waals surface area contributed by atoms with E-state index in [1.807, 2.05) is 6.92 Å². The highest BCUT2D eigenvalue weighted by Crippen LogP contribution is 2.40. The smallest absolute Gasteiger partial charge is 0.214 e. The van der Waals surface area contributed by atoms with Gasteiger partial charge in [-0.25, -0.2) is 8.42 Å². The number of Topliss-reactive ketones (excluding diaryl/α,β-unsaturated/α-hetero) is 1. The zero-order valence-corrected chi connectivity index (χ0v) is 20.6. The third-order valence-electron chi connectivity index (χ3n) is 6.35. The summed E-state index contributed by atoms with van der Waals surface area (Å²) in [6.45, 7) is 4.45. The number of carbonyl (C=O) groups is 1. The van der Waals surface area contributed by atoms with Gasteiger partial charge in [-0.15, -0.1) is 12.4 Å². The van der Waals surface area contributed by atoms with Crippen LogP contribution in [0.2, 0.25) is 10.0 Å². The molecule has 1 aromatic rings. The summed E-state index contributed by atoms with van der Waals surface area (Å²) in [7, 11) is -3.14. The van der Waals surface area contributed by atoms with E-state index in [1.165, 1.54) is 0 Å². The summed E-state index contributed by atoms with van der Waals surface area (Å²) in [6, 6.07) is 5.01. The maximum atomic E-state index is 12.8. The molecule has 0 atom stereocenters. The Kier molecular flexibility index (Phi) is 9.47. The topological polar surface area (TPSA) is 57.7 Å². The van der Waals surface area contributed by atoms with Crippen LogP contribution >= 0.6 is 35.6 Å². The molecule has 5 nitrogen and oxygen atoms in total. The van der Waals surface area contributed by atoms with Crippen LogP contribution in [0, 0.1) is 0 Å². The minimum atomic E-state index is -3.14. The van der Waals surface area contributed by atoms with Crippen molar-refractivity contribution in [3.63, 3.8) is 0 Å². The molecular formula is C21H31Cl3N2O3S. The third kappa shape index (κ3) is 5.90. The van der Waals surface area contributed by atoms with Crippen molar-refractivity contribution >= 4 is 51.4 Å². The van der Waals surface area contributed by atoms with Crippen molar-refractivity contribution in [1.29, 1.82) is 0 Å². The van der Waals surface area contributed by atoms with Crippen LogP contribution in [-0.4, -0.2) is 60.9 Å². The summed E-state index contributed by atoms with van der Waals surface area (Å²) in [5, 5.41) is 0.924. The van der Waals surface area contributed by atoms with Crippen molar-refractivity contribution < 1.29 is 13.2 Å². The zero-order valence-electron chi connectivity index (χ0n) is 17.4. The largest absolute Gasteiger partial charge is 0.295 e. The minimum absolute atomic E-state index is 0. The van der Waals surface area contributed by atoms with Gasteiger partial charge in [0.25, 0.3) is 0 Å². The van der Waals surface area contributed by atoms with E-state index in [2.05, 4.69) is 4.90 Å². The van der Waals surface area contributed by atoms with Crippen molar-refractivity contribution in [1.82, 2.24) is 9.21 Å². The maximum absolute atomic E-state index is 12.8. The minimum Gasteiger partial charge on any atom is -0.295 e. The Morgan fingerprint density at radius 2 is 1.73 bits per heavy atom. The van der Waals surface area contributed by atoms with Crippen LogP contribution in [0.5, 0.6) is 0 Å². The fourth-order valence-corrected chi connectivity index (χ4v) is 6.79. The van der Waals surface area contributed by atoms with Crippen LogP contribution in [0.1, 0.15) is 62.2 Å². The molecule has 0 radical (unpaired) electrons. The van der Waals surface area contributed by atoms with Crippen LogP contribution in [0.25, 0.3) is 0 Å². The van der Waals surface area contributed by atoms with Gasteiger partial charge in [-0.05, 0) is 43.9 Å². The Morgan fingerprint density at radius 3 is 2.30 bits per heavy atom. The number of ketones is 1. The van der Waals surface area contributed by atoms with E-state index in [4.69, 9.17) is 23.2 Å². The van der Waals surface area contributed by atoms with Gasteiger partial charge < -0.3 is 0 Å². The Hall–Kier alpha value is -0.370. The van der Waals surface area contributed by atoms with Crippen LogP contribution in [0.15, 0.2) is 18.2 Å². The molecular weight excluding hydrogens is 467 g/mol. The van der Waals surface area contributed by atoms with E-state index in [0.717, 1.165) is 45.2 Å². The highest BCUT2D eigenvalue weighted by Gasteiger charge is 2.41. The van der Waals surface area contributed by atoms with Crippen LogP contribution in [0.3, 0.4) is 0 Å².